The van der Waals surface area contributed by atoms with Gasteiger partial charge in [-0.25, -0.2) is 4.98 Å². The lowest BCUT2D eigenvalue weighted by Crippen LogP contribution is -2.36. The Morgan fingerprint density at radius 1 is 1.12 bits per heavy atom. The number of pyridine rings is 1. The minimum absolute atomic E-state index is 0.143. The van der Waals surface area contributed by atoms with Gasteiger partial charge in [-0.3, -0.25) is 4.79 Å². The van der Waals surface area contributed by atoms with E-state index >= 15 is 0 Å². The normalized spacial score (nSPS) is 16.5. The van der Waals surface area contributed by atoms with Crippen molar-refractivity contribution in [3.05, 3.63) is 42.1 Å². The lowest BCUT2D eigenvalue weighted by atomic mass is 9.95. The van der Waals surface area contributed by atoms with Crippen LogP contribution in [0.1, 0.15) is 42.5 Å². The van der Waals surface area contributed by atoms with Crippen molar-refractivity contribution in [2.45, 2.75) is 38.1 Å². The molecule has 0 radical (unpaired) electrons. The number of benzene rings is 1. The fourth-order valence-electron chi connectivity index (χ4n) is 3.21. The van der Waals surface area contributed by atoms with Crippen LogP contribution in [0.15, 0.2) is 36.5 Å². The summed E-state index contributed by atoms with van der Waals surface area (Å²) in [6, 6.07) is 8.99. The van der Waals surface area contributed by atoms with Gasteiger partial charge in [0.05, 0.1) is 0 Å². The van der Waals surface area contributed by atoms with E-state index in [1.54, 1.807) is 36.5 Å². The molecule has 4 rings (SSSR count). The summed E-state index contributed by atoms with van der Waals surface area (Å²) in [5.74, 6) is 2.00. The summed E-state index contributed by atoms with van der Waals surface area (Å²) in [6.07, 6.45) is 7.25. The highest BCUT2D eigenvalue weighted by Gasteiger charge is 2.21. The Hall–Kier alpha value is -2.76. The summed E-state index contributed by atoms with van der Waals surface area (Å²) >= 11 is 0. The maximum atomic E-state index is 12.6. The van der Waals surface area contributed by atoms with Crippen LogP contribution in [0.4, 0.5) is 0 Å². The third kappa shape index (κ3) is 3.52. The van der Waals surface area contributed by atoms with Crippen LogP contribution < -0.4 is 19.5 Å². The van der Waals surface area contributed by atoms with E-state index < -0.39 is 0 Å². The van der Waals surface area contributed by atoms with Crippen LogP contribution in [0.25, 0.3) is 0 Å². The van der Waals surface area contributed by atoms with Gasteiger partial charge in [-0.05, 0) is 37.1 Å². The summed E-state index contributed by atoms with van der Waals surface area (Å²) in [4.78, 5) is 16.9. The third-order valence-corrected chi connectivity index (χ3v) is 4.51. The van der Waals surface area contributed by atoms with E-state index in [0.717, 1.165) is 12.8 Å². The molecule has 25 heavy (non-hydrogen) atoms. The molecule has 1 aliphatic heterocycles. The van der Waals surface area contributed by atoms with Crippen LogP contribution in [0.2, 0.25) is 0 Å². The predicted octanol–water partition coefficient (Wildman–Crippen LogP) is 3.67. The van der Waals surface area contributed by atoms with Gasteiger partial charge in [0, 0.05) is 18.3 Å². The summed E-state index contributed by atoms with van der Waals surface area (Å²) in [5, 5.41) is 3.10. The first-order chi connectivity index (χ1) is 12.3. The molecule has 1 saturated carbocycles. The number of nitrogens with zero attached hydrogens (tertiary/aromatic N) is 1. The van der Waals surface area contributed by atoms with Crippen molar-refractivity contribution in [2.75, 3.05) is 6.79 Å². The average Bonchev–Trinajstić information content (AvgIpc) is 3.11. The van der Waals surface area contributed by atoms with E-state index in [9.17, 15) is 4.79 Å². The Kier molecular flexibility index (Phi) is 4.41. The number of carbonyl (C=O) groups excluding carboxylic acids is 1. The summed E-state index contributed by atoms with van der Waals surface area (Å²) in [6.45, 7) is 0.206. The van der Waals surface area contributed by atoms with Crippen molar-refractivity contribution in [1.29, 1.82) is 0 Å². The number of carbonyl (C=O) groups is 1. The Bertz CT molecular complexity index is 772. The van der Waals surface area contributed by atoms with Crippen molar-refractivity contribution < 1.29 is 19.0 Å². The summed E-state index contributed by atoms with van der Waals surface area (Å²) < 4.78 is 16.5. The first-order valence-corrected chi connectivity index (χ1v) is 8.63. The summed E-state index contributed by atoms with van der Waals surface area (Å²) in [5.41, 5.74) is 0.436. The second kappa shape index (κ2) is 7.01. The maximum Gasteiger partial charge on any atom is 0.257 e. The average molecular weight is 340 g/mol. The molecule has 0 atom stereocenters. The highest BCUT2D eigenvalue weighted by Crippen LogP contribution is 2.36. The van der Waals surface area contributed by atoms with Crippen molar-refractivity contribution in [2.24, 2.45) is 0 Å². The number of aromatic nitrogens is 1. The summed E-state index contributed by atoms with van der Waals surface area (Å²) in [7, 11) is 0. The van der Waals surface area contributed by atoms with Gasteiger partial charge in [0.1, 0.15) is 11.3 Å². The molecule has 2 aromatic rings. The molecule has 1 amide bonds. The van der Waals surface area contributed by atoms with E-state index in [1.165, 1.54) is 19.3 Å². The van der Waals surface area contributed by atoms with E-state index in [0.29, 0.717) is 22.8 Å². The standard InChI is InChI=1S/C19H20N2O4/c22-18(21-13-5-2-1-3-6-13)15-7-4-10-20-19(15)25-14-8-9-16-17(11-14)24-12-23-16/h4,7-11,13H,1-3,5-6,12H2,(H,21,22). The van der Waals surface area contributed by atoms with Gasteiger partial charge in [-0.2, -0.15) is 0 Å². The SMILES string of the molecule is O=C(NC1CCCCC1)c1cccnc1Oc1ccc2c(c1)OCO2. The highest BCUT2D eigenvalue weighted by atomic mass is 16.7. The van der Waals surface area contributed by atoms with Crippen molar-refractivity contribution in [3.63, 3.8) is 0 Å². The van der Waals surface area contributed by atoms with Gasteiger partial charge < -0.3 is 19.5 Å². The fraction of sp³-hybridized carbons (Fsp3) is 0.368. The largest absolute Gasteiger partial charge is 0.454 e. The molecule has 1 aliphatic carbocycles. The fourth-order valence-corrected chi connectivity index (χ4v) is 3.21. The van der Waals surface area contributed by atoms with Gasteiger partial charge in [0.25, 0.3) is 5.91 Å². The first kappa shape index (κ1) is 15.7. The topological polar surface area (TPSA) is 69.7 Å². The molecule has 2 heterocycles. The van der Waals surface area contributed by atoms with E-state index in [2.05, 4.69) is 10.3 Å². The first-order valence-electron chi connectivity index (χ1n) is 8.63. The van der Waals surface area contributed by atoms with Crippen LogP contribution in [-0.4, -0.2) is 23.7 Å². The Morgan fingerprint density at radius 2 is 1.96 bits per heavy atom. The molecule has 0 bridgehead atoms. The Labute approximate surface area is 146 Å². The zero-order chi connectivity index (χ0) is 17.1. The van der Waals surface area contributed by atoms with Gasteiger partial charge >= 0.3 is 0 Å². The monoisotopic (exact) mass is 340 g/mol. The maximum absolute atomic E-state index is 12.6. The zero-order valence-electron chi connectivity index (χ0n) is 13.9. The van der Waals surface area contributed by atoms with Crippen molar-refractivity contribution >= 4 is 5.91 Å². The van der Waals surface area contributed by atoms with Crippen molar-refractivity contribution in [3.8, 4) is 23.1 Å². The van der Waals surface area contributed by atoms with Gasteiger partial charge in [0.2, 0.25) is 12.7 Å². The molecule has 6 heteroatoms. The molecule has 0 unspecified atom stereocenters. The van der Waals surface area contributed by atoms with Gasteiger partial charge in [-0.1, -0.05) is 19.3 Å². The molecule has 1 aromatic heterocycles. The number of amides is 1. The lowest BCUT2D eigenvalue weighted by molar-refractivity contribution is 0.0924. The molecule has 130 valence electrons. The smallest absolute Gasteiger partial charge is 0.257 e. The zero-order valence-corrected chi connectivity index (χ0v) is 13.9. The van der Waals surface area contributed by atoms with E-state index in [-0.39, 0.29) is 24.6 Å². The molecule has 0 spiro atoms. The number of nitrogens with one attached hydrogen (secondary N) is 1. The van der Waals surface area contributed by atoms with Crippen LogP contribution in [0.3, 0.4) is 0 Å². The minimum atomic E-state index is -0.143. The number of hydrogen-bond acceptors (Lipinski definition) is 5. The molecule has 6 nitrogen and oxygen atoms in total. The van der Waals surface area contributed by atoms with Gasteiger partial charge in [0.15, 0.2) is 11.5 Å². The molecular weight excluding hydrogens is 320 g/mol. The van der Waals surface area contributed by atoms with E-state index in [4.69, 9.17) is 14.2 Å². The highest BCUT2D eigenvalue weighted by molar-refractivity contribution is 5.96. The Balaban J connectivity index is 1.51. The van der Waals surface area contributed by atoms with Crippen LogP contribution >= 0.6 is 0 Å². The van der Waals surface area contributed by atoms with Crippen LogP contribution in [0, 0.1) is 0 Å². The van der Waals surface area contributed by atoms with Crippen molar-refractivity contribution in [1.82, 2.24) is 10.3 Å². The number of hydrogen-bond donors (Lipinski definition) is 1. The number of fused-ring (bicyclic) bond motifs is 1. The third-order valence-electron chi connectivity index (χ3n) is 4.51. The Morgan fingerprint density at radius 3 is 2.84 bits per heavy atom. The molecular formula is C19H20N2O4. The quantitative estimate of drug-likeness (QED) is 0.920. The number of rotatable bonds is 4. The van der Waals surface area contributed by atoms with Crippen LogP contribution in [0.5, 0.6) is 23.1 Å². The second-order valence-corrected chi connectivity index (χ2v) is 6.28. The molecule has 1 fully saturated rings. The molecule has 2 aliphatic rings. The lowest BCUT2D eigenvalue weighted by Gasteiger charge is -2.23. The molecule has 0 saturated heterocycles. The molecule has 1 aromatic carbocycles. The second-order valence-electron chi connectivity index (χ2n) is 6.28. The van der Waals surface area contributed by atoms with E-state index in [1.807, 2.05) is 0 Å². The van der Waals surface area contributed by atoms with Gasteiger partial charge in [-0.15, -0.1) is 0 Å². The van der Waals surface area contributed by atoms with Crippen LogP contribution in [-0.2, 0) is 0 Å². The minimum Gasteiger partial charge on any atom is -0.454 e. The predicted molar refractivity (Wildman–Crippen MR) is 91.2 cm³/mol. The number of ether oxygens (including phenoxy) is 3. The molecule has 1 N–H and O–H groups in total.